The molecule has 0 aliphatic heterocycles. The maximum atomic E-state index is 12.1. The van der Waals surface area contributed by atoms with Gasteiger partial charge in [0.05, 0.1) is 6.07 Å². The second-order valence-electron chi connectivity index (χ2n) is 11.5. The summed E-state index contributed by atoms with van der Waals surface area (Å²) >= 11 is 0. The summed E-state index contributed by atoms with van der Waals surface area (Å²) in [6.07, 6.45) is 8.71. The largest absolute Gasteiger partial charge is 0.462 e. The maximum Gasteiger partial charge on any atom is 0.305 e. The van der Waals surface area contributed by atoms with Gasteiger partial charge in [-0.2, -0.15) is 5.26 Å². The van der Waals surface area contributed by atoms with Gasteiger partial charge >= 0.3 is 5.97 Å². The zero-order valence-electron chi connectivity index (χ0n) is 19.4. The molecular weight excluding hydrogens is 370 g/mol. The number of carbonyl (C=O) groups excluding carboxylic acids is 1. The Kier molecular flexibility index (Phi) is 5.23. The molecule has 7 unspecified atom stereocenters. The molecule has 0 aromatic carbocycles. The molecule has 0 aromatic heterocycles. The van der Waals surface area contributed by atoms with Crippen molar-refractivity contribution in [3.05, 3.63) is 24.3 Å². The van der Waals surface area contributed by atoms with Crippen molar-refractivity contribution in [2.75, 3.05) is 0 Å². The summed E-state index contributed by atoms with van der Waals surface area (Å²) in [5.74, 6) is 2.08. The lowest BCUT2D eigenvalue weighted by Crippen LogP contribution is -2.60. The van der Waals surface area contributed by atoms with Crippen LogP contribution in [0.5, 0.6) is 0 Å². The minimum absolute atomic E-state index is 0.0254. The lowest BCUT2D eigenvalue weighted by molar-refractivity contribution is -0.176. The number of esters is 1. The Bertz CT molecular complexity index is 808. The third kappa shape index (κ3) is 2.85. The fourth-order valence-electron chi connectivity index (χ4n) is 8.31. The maximum absolute atomic E-state index is 12.1. The summed E-state index contributed by atoms with van der Waals surface area (Å²) in [4.78, 5) is 12.1. The van der Waals surface area contributed by atoms with Gasteiger partial charge in [-0.1, -0.05) is 46.4 Å². The first-order valence-corrected chi connectivity index (χ1v) is 12.0. The van der Waals surface area contributed by atoms with E-state index in [0.29, 0.717) is 36.5 Å². The fraction of sp³-hybridized carbons (Fsp3) is 0.778. The molecule has 0 N–H and O–H groups in total. The Morgan fingerprint density at radius 2 is 1.90 bits per heavy atom. The topological polar surface area (TPSA) is 50.1 Å². The lowest BCUT2D eigenvalue weighted by atomic mass is 9.38. The number of rotatable bonds is 3. The van der Waals surface area contributed by atoms with E-state index in [1.807, 2.05) is 6.92 Å². The molecule has 5 rings (SSSR count). The molecule has 5 fully saturated rings. The van der Waals surface area contributed by atoms with Gasteiger partial charge in [-0.05, 0) is 85.0 Å². The summed E-state index contributed by atoms with van der Waals surface area (Å²) in [7, 11) is 0. The Balaban J connectivity index is 1.76. The monoisotopic (exact) mass is 409 g/mol. The van der Waals surface area contributed by atoms with Gasteiger partial charge in [0.15, 0.2) is 0 Å². The first-order valence-electron chi connectivity index (χ1n) is 12.0. The molecule has 5 aliphatic carbocycles. The molecule has 8 atom stereocenters. The molecule has 0 amide bonds. The van der Waals surface area contributed by atoms with Crippen molar-refractivity contribution in [3.63, 3.8) is 0 Å². The molecule has 30 heavy (non-hydrogen) atoms. The molecule has 164 valence electrons. The molecule has 0 saturated heterocycles. The van der Waals surface area contributed by atoms with E-state index in [0.717, 1.165) is 38.5 Å². The van der Waals surface area contributed by atoms with Crippen LogP contribution in [0.2, 0.25) is 0 Å². The quantitative estimate of drug-likeness (QED) is 0.493. The van der Waals surface area contributed by atoms with E-state index >= 15 is 0 Å². The van der Waals surface area contributed by atoms with E-state index in [1.54, 1.807) is 0 Å². The molecule has 0 spiro atoms. The number of fused-ring (bicyclic) bond motifs is 5. The molecule has 0 radical (unpaired) electrons. The van der Waals surface area contributed by atoms with Gasteiger partial charge in [0.1, 0.15) is 6.10 Å². The number of ether oxygens (including phenoxy) is 1. The zero-order chi connectivity index (χ0) is 21.9. The van der Waals surface area contributed by atoms with Gasteiger partial charge in [0, 0.05) is 18.3 Å². The summed E-state index contributed by atoms with van der Waals surface area (Å²) in [5.41, 5.74) is 2.71. The first-order chi connectivity index (χ1) is 14.1. The van der Waals surface area contributed by atoms with Gasteiger partial charge in [-0.15, -0.1) is 0 Å². The highest BCUT2D eigenvalue weighted by Crippen LogP contribution is 2.72. The van der Waals surface area contributed by atoms with Crippen molar-refractivity contribution < 1.29 is 9.53 Å². The smallest absolute Gasteiger partial charge is 0.305 e. The van der Waals surface area contributed by atoms with Crippen LogP contribution in [0.15, 0.2) is 24.3 Å². The van der Waals surface area contributed by atoms with E-state index in [2.05, 4.69) is 40.0 Å². The number of nitriles is 1. The number of allylic oxidation sites excluding steroid dienone is 2. The normalized spacial score (nSPS) is 47.6. The number of hydrogen-bond acceptors (Lipinski definition) is 3. The van der Waals surface area contributed by atoms with E-state index in [4.69, 9.17) is 4.74 Å². The lowest BCUT2D eigenvalue weighted by Gasteiger charge is -2.66. The molecular formula is C27H39NO2. The third-order valence-corrected chi connectivity index (χ3v) is 10.5. The number of hydrogen-bond donors (Lipinski definition) is 0. The zero-order valence-corrected chi connectivity index (χ0v) is 19.4. The predicted octanol–water partition coefficient (Wildman–Crippen LogP) is 6.60. The van der Waals surface area contributed by atoms with Crippen molar-refractivity contribution in [1.29, 1.82) is 5.26 Å². The first kappa shape index (κ1) is 21.7. The Morgan fingerprint density at radius 3 is 2.57 bits per heavy atom. The van der Waals surface area contributed by atoms with Crippen molar-refractivity contribution in [3.8, 4) is 6.07 Å². The Morgan fingerprint density at radius 1 is 1.17 bits per heavy atom. The molecule has 5 aliphatic rings. The van der Waals surface area contributed by atoms with Crippen LogP contribution in [0.4, 0.5) is 0 Å². The number of nitrogens with zero attached hydrogens (tertiary/aromatic N) is 1. The van der Waals surface area contributed by atoms with E-state index in [1.165, 1.54) is 17.6 Å². The van der Waals surface area contributed by atoms with Crippen LogP contribution in [-0.4, -0.2) is 12.1 Å². The van der Waals surface area contributed by atoms with Crippen LogP contribution < -0.4 is 0 Å². The van der Waals surface area contributed by atoms with Crippen LogP contribution in [-0.2, 0) is 9.53 Å². The molecule has 0 heterocycles. The molecule has 5 saturated carbocycles. The van der Waals surface area contributed by atoms with Gasteiger partial charge < -0.3 is 4.74 Å². The number of carbonyl (C=O) groups is 1. The van der Waals surface area contributed by atoms with Gasteiger partial charge in [-0.25, -0.2) is 0 Å². The predicted molar refractivity (Wildman–Crippen MR) is 119 cm³/mol. The highest BCUT2D eigenvalue weighted by molar-refractivity contribution is 5.69. The summed E-state index contributed by atoms with van der Waals surface area (Å²) in [5, 5.41) is 9.70. The van der Waals surface area contributed by atoms with E-state index in [-0.39, 0.29) is 28.3 Å². The van der Waals surface area contributed by atoms with Crippen molar-refractivity contribution >= 4 is 5.97 Å². The fourth-order valence-corrected chi connectivity index (χ4v) is 8.31. The summed E-state index contributed by atoms with van der Waals surface area (Å²) < 4.78 is 5.98. The summed E-state index contributed by atoms with van der Waals surface area (Å²) in [6.45, 7) is 18.1. The van der Waals surface area contributed by atoms with Crippen molar-refractivity contribution in [1.82, 2.24) is 0 Å². The Labute approximate surface area is 182 Å². The van der Waals surface area contributed by atoms with Gasteiger partial charge in [0.2, 0.25) is 0 Å². The van der Waals surface area contributed by atoms with Crippen LogP contribution in [0.25, 0.3) is 0 Å². The van der Waals surface area contributed by atoms with Crippen LogP contribution >= 0.6 is 0 Å². The van der Waals surface area contributed by atoms with Crippen molar-refractivity contribution in [2.45, 2.75) is 91.6 Å². The highest BCUT2D eigenvalue weighted by Gasteiger charge is 2.66. The SMILES string of the molecule is C=C1CCC2(C)C3CCC4(C)C(OC(=O)CC)CCC4C3[C@@H](CC2(C)CC#N)C1=C. The molecule has 3 heteroatoms. The van der Waals surface area contributed by atoms with Crippen molar-refractivity contribution in [2.24, 2.45) is 39.9 Å². The van der Waals surface area contributed by atoms with Crippen LogP contribution in [0, 0.1) is 51.2 Å². The third-order valence-electron chi connectivity index (χ3n) is 10.5. The average Bonchev–Trinajstić information content (AvgIpc) is 3.04. The second kappa shape index (κ2) is 7.25. The molecule has 0 aromatic rings. The summed E-state index contributed by atoms with van der Waals surface area (Å²) in [6, 6.07) is 2.54. The average molecular weight is 410 g/mol. The minimum Gasteiger partial charge on any atom is -0.462 e. The second-order valence-corrected chi connectivity index (χ2v) is 11.5. The van der Waals surface area contributed by atoms with Crippen LogP contribution in [0.1, 0.15) is 85.5 Å². The van der Waals surface area contributed by atoms with Gasteiger partial charge in [-0.3, -0.25) is 4.79 Å². The van der Waals surface area contributed by atoms with Gasteiger partial charge in [0.25, 0.3) is 0 Å². The van der Waals surface area contributed by atoms with E-state index < -0.39 is 0 Å². The van der Waals surface area contributed by atoms with Crippen LogP contribution in [0.3, 0.4) is 0 Å². The molecule has 3 nitrogen and oxygen atoms in total. The standard InChI is InChI=1S/C27H39NO2/c1-7-23(29)30-22-9-8-20-24-19-16-25(4,14-15-28)27(6,13-10-17(2)18(19)3)21(24)11-12-26(20,22)5/h19-22,24H,2-3,7-14,16H2,1,4-6H3/t19-,20?,21?,22?,24?,25?,26?,27?/m0/s1. The minimum atomic E-state index is -0.0606. The highest BCUT2D eigenvalue weighted by atomic mass is 16.5. The van der Waals surface area contributed by atoms with E-state index in [9.17, 15) is 10.1 Å². The molecule has 2 bridgehead atoms. The Hall–Kier alpha value is -1.56.